The summed E-state index contributed by atoms with van der Waals surface area (Å²) < 4.78 is 9.50. The molecule has 58 valence electrons. The molecule has 0 amide bonds. The maximum atomic E-state index is 9.50. The van der Waals surface area contributed by atoms with Gasteiger partial charge in [0.15, 0.2) is 0 Å². The largest absolute Gasteiger partial charge is 0.255 e. The molecule has 0 fully saturated rings. The first-order valence-corrected chi connectivity index (χ1v) is 3.38. The maximum absolute atomic E-state index is 9.50. The molecule has 1 rings (SSSR count). The lowest BCUT2D eigenvalue weighted by Gasteiger charge is -1.69. The second-order valence-electron chi connectivity index (χ2n) is 1.15. The molecule has 0 bridgehead atoms. The molecule has 0 heterocycles. The van der Waals surface area contributed by atoms with Crippen LogP contribution in [0.4, 0.5) is 4.39 Å². The average molecular weight is 142 g/mol. The van der Waals surface area contributed by atoms with Gasteiger partial charge in [-0.1, -0.05) is 50.2 Å². The van der Waals surface area contributed by atoms with Gasteiger partial charge in [0, 0.05) is 0 Å². The first kappa shape index (κ1) is 11.9. The van der Waals surface area contributed by atoms with Gasteiger partial charge in [-0.3, -0.25) is 4.39 Å². The van der Waals surface area contributed by atoms with E-state index in [-0.39, 0.29) is 0 Å². The highest BCUT2D eigenvalue weighted by Crippen LogP contribution is 1.79. The number of alkyl halides is 1. The Morgan fingerprint density at radius 2 is 0.700 bits per heavy atom. The van der Waals surface area contributed by atoms with E-state index in [9.17, 15) is 4.39 Å². The van der Waals surface area contributed by atoms with Crippen molar-refractivity contribution in [1.82, 2.24) is 0 Å². The molecule has 0 aromatic heterocycles. The van der Waals surface area contributed by atoms with Crippen LogP contribution in [-0.2, 0) is 0 Å². The highest BCUT2D eigenvalue weighted by Gasteiger charge is 1.57. The van der Waals surface area contributed by atoms with E-state index in [1.54, 1.807) is 0 Å². The third-order valence-corrected chi connectivity index (χ3v) is 0.667. The van der Waals surface area contributed by atoms with Gasteiger partial charge in [0.2, 0.25) is 0 Å². The van der Waals surface area contributed by atoms with Gasteiger partial charge in [0.25, 0.3) is 0 Å². The maximum Gasteiger partial charge on any atom is 0.0785 e. The fourth-order valence-corrected chi connectivity index (χ4v) is 0.385. The smallest absolute Gasteiger partial charge is 0.0785 e. The van der Waals surface area contributed by atoms with Crippen LogP contribution in [0.15, 0.2) is 36.4 Å². The summed E-state index contributed by atoms with van der Waals surface area (Å²) in [5.41, 5.74) is 0. The van der Waals surface area contributed by atoms with Crippen molar-refractivity contribution in [3.05, 3.63) is 36.4 Å². The van der Waals surface area contributed by atoms with E-state index in [4.69, 9.17) is 0 Å². The molecule has 0 aliphatic carbocycles. The average Bonchev–Trinajstić information content (AvgIpc) is 2.14. The van der Waals surface area contributed by atoms with Gasteiger partial charge in [-0.15, -0.1) is 0 Å². The van der Waals surface area contributed by atoms with Crippen molar-refractivity contribution in [3.8, 4) is 0 Å². The van der Waals surface area contributed by atoms with E-state index in [0.29, 0.717) is 7.18 Å². The minimum atomic E-state index is 0.500. The fourth-order valence-electron chi connectivity index (χ4n) is 0.385. The van der Waals surface area contributed by atoms with Crippen LogP contribution in [-0.4, -0.2) is 7.18 Å². The van der Waals surface area contributed by atoms with E-state index in [1.807, 2.05) is 50.2 Å². The first-order valence-electron chi connectivity index (χ1n) is 3.38. The normalized spacial score (nSPS) is 6.00. The summed E-state index contributed by atoms with van der Waals surface area (Å²) in [6.07, 6.45) is 0. The number of hydrogen-bond donors (Lipinski definition) is 0. The minimum absolute atomic E-state index is 0.500. The molecular formula is C9H15F. The monoisotopic (exact) mass is 142 g/mol. The standard InChI is InChI=1S/C6H6.C2H6.CH3F/c1-2-4-6-5-3-1;2*1-2/h1-6H;1-2H3;1H3. The zero-order chi connectivity index (χ0) is 8.24. The van der Waals surface area contributed by atoms with Crippen LogP contribution in [0.2, 0.25) is 0 Å². The van der Waals surface area contributed by atoms with Gasteiger partial charge in [0.1, 0.15) is 0 Å². The van der Waals surface area contributed by atoms with Crippen molar-refractivity contribution in [2.24, 2.45) is 0 Å². The molecule has 10 heavy (non-hydrogen) atoms. The van der Waals surface area contributed by atoms with Crippen LogP contribution < -0.4 is 0 Å². The van der Waals surface area contributed by atoms with E-state index in [2.05, 4.69) is 0 Å². The lowest BCUT2D eigenvalue weighted by Crippen LogP contribution is -1.47. The molecule has 0 saturated carbocycles. The molecule has 0 nitrogen and oxygen atoms in total. The molecule has 0 aliphatic rings. The van der Waals surface area contributed by atoms with Crippen LogP contribution in [0.25, 0.3) is 0 Å². The molecule has 0 aliphatic heterocycles. The van der Waals surface area contributed by atoms with Crippen molar-refractivity contribution in [3.63, 3.8) is 0 Å². The summed E-state index contributed by atoms with van der Waals surface area (Å²) in [6.45, 7) is 4.00. The zero-order valence-electron chi connectivity index (χ0n) is 6.84. The predicted octanol–water partition coefficient (Wildman–Crippen LogP) is 3.30. The molecule has 0 spiro atoms. The summed E-state index contributed by atoms with van der Waals surface area (Å²) in [5.74, 6) is 0. The minimum Gasteiger partial charge on any atom is -0.255 e. The van der Waals surface area contributed by atoms with Gasteiger partial charge < -0.3 is 0 Å². The van der Waals surface area contributed by atoms with Crippen molar-refractivity contribution in [2.75, 3.05) is 7.18 Å². The third kappa shape index (κ3) is 10.2. The Morgan fingerprint density at radius 3 is 0.800 bits per heavy atom. The van der Waals surface area contributed by atoms with E-state index >= 15 is 0 Å². The summed E-state index contributed by atoms with van der Waals surface area (Å²) >= 11 is 0. The Bertz CT molecular complexity index is 76.7. The first-order chi connectivity index (χ1) is 5.00. The summed E-state index contributed by atoms with van der Waals surface area (Å²) in [4.78, 5) is 0. The zero-order valence-corrected chi connectivity index (χ0v) is 6.84. The molecule has 0 atom stereocenters. The number of hydrogen-bond acceptors (Lipinski definition) is 0. The van der Waals surface area contributed by atoms with E-state index in [1.165, 1.54) is 0 Å². The molecule has 0 radical (unpaired) electrons. The number of rotatable bonds is 0. The van der Waals surface area contributed by atoms with Crippen molar-refractivity contribution < 1.29 is 4.39 Å². The lowest BCUT2D eigenvalue weighted by molar-refractivity contribution is 0.636. The number of halogens is 1. The Hall–Kier alpha value is -0.850. The van der Waals surface area contributed by atoms with Crippen LogP contribution >= 0.6 is 0 Å². The lowest BCUT2D eigenvalue weighted by atomic mass is 10.4. The van der Waals surface area contributed by atoms with Gasteiger partial charge in [-0.2, -0.15) is 0 Å². The molecule has 0 unspecified atom stereocenters. The Balaban J connectivity index is 0. The van der Waals surface area contributed by atoms with Gasteiger partial charge in [0.05, 0.1) is 7.18 Å². The fraction of sp³-hybridized carbons (Fsp3) is 0.333. The van der Waals surface area contributed by atoms with Crippen molar-refractivity contribution >= 4 is 0 Å². The second kappa shape index (κ2) is 15.7. The number of benzene rings is 1. The van der Waals surface area contributed by atoms with Crippen molar-refractivity contribution in [1.29, 1.82) is 0 Å². The third-order valence-electron chi connectivity index (χ3n) is 0.667. The highest BCUT2D eigenvalue weighted by atomic mass is 19.1. The van der Waals surface area contributed by atoms with E-state index < -0.39 is 0 Å². The predicted molar refractivity (Wildman–Crippen MR) is 44.8 cm³/mol. The van der Waals surface area contributed by atoms with Gasteiger partial charge in [-0.25, -0.2) is 0 Å². The molecular weight excluding hydrogens is 127 g/mol. The molecule has 1 aromatic rings. The highest BCUT2D eigenvalue weighted by molar-refractivity contribution is 4.99. The van der Waals surface area contributed by atoms with Crippen LogP contribution in [0, 0.1) is 0 Å². The Labute approximate surface area is 62.7 Å². The summed E-state index contributed by atoms with van der Waals surface area (Å²) in [5, 5.41) is 0. The van der Waals surface area contributed by atoms with E-state index in [0.717, 1.165) is 0 Å². The molecule has 0 saturated heterocycles. The second-order valence-corrected chi connectivity index (χ2v) is 1.15. The van der Waals surface area contributed by atoms with Gasteiger partial charge >= 0.3 is 0 Å². The summed E-state index contributed by atoms with van der Waals surface area (Å²) in [7, 11) is 0.500. The molecule has 1 heteroatoms. The van der Waals surface area contributed by atoms with Crippen molar-refractivity contribution in [2.45, 2.75) is 13.8 Å². The van der Waals surface area contributed by atoms with Gasteiger partial charge in [-0.05, 0) is 0 Å². The quantitative estimate of drug-likeness (QED) is 0.521. The molecule has 0 N–H and O–H groups in total. The Morgan fingerprint density at radius 1 is 0.600 bits per heavy atom. The van der Waals surface area contributed by atoms with Crippen LogP contribution in [0.5, 0.6) is 0 Å². The molecule has 1 aromatic carbocycles. The topological polar surface area (TPSA) is 0 Å². The Kier molecular flexibility index (Phi) is 18.7. The summed E-state index contributed by atoms with van der Waals surface area (Å²) in [6, 6.07) is 12.0. The SMILES string of the molecule is CC.CF.c1ccccc1. The van der Waals surface area contributed by atoms with Crippen LogP contribution in [0.3, 0.4) is 0 Å². The van der Waals surface area contributed by atoms with Crippen LogP contribution in [0.1, 0.15) is 13.8 Å².